The predicted octanol–water partition coefficient (Wildman–Crippen LogP) is 3.06. The van der Waals surface area contributed by atoms with Crippen LogP contribution in [0.25, 0.3) is 0 Å². The lowest BCUT2D eigenvalue weighted by Crippen LogP contribution is -2.36. The molecule has 0 spiro atoms. The van der Waals surface area contributed by atoms with Crippen molar-refractivity contribution in [2.45, 2.75) is 46.5 Å². The first kappa shape index (κ1) is 11.0. The summed E-state index contributed by atoms with van der Waals surface area (Å²) in [7, 11) is 2.06. The van der Waals surface area contributed by atoms with E-state index in [-0.39, 0.29) is 0 Å². The fourth-order valence-electron chi connectivity index (χ4n) is 2.74. The lowest BCUT2D eigenvalue weighted by Gasteiger charge is -2.39. The van der Waals surface area contributed by atoms with Crippen LogP contribution in [0.2, 0.25) is 0 Å². The molecule has 1 aliphatic carbocycles. The summed E-state index contributed by atoms with van der Waals surface area (Å²) >= 11 is 0. The Hall–Kier alpha value is -0.0400. The van der Waals surface area contributed by atoms with Crippen molar-refractivity contribution in [3.63, 3.8) is 0 Å². The van der Waals surface area contributed by atoms with E-state index < -0.39 is 0 Å². The van der Waals surface area contributed by atoms with Crippen LogP contribution in [-0.4, -0.2) is 13.6 Å². The van der Waals surface area contributed by atoms with Crippen LogP contribution < -0.4 is 5.32 Å². The fraction of sp³-hybridized carbons (Fsp3) is 1.00. The summed E-state index contributed by atoms with van der Waals surface area (Å²) in [6, 6.07) is 0. The van der Waals surface area contributed by atoms with Crippen molar-refractivity contribution < 1.29 is 0 Å². The Bertz CT molecular complexity index is 151. The van der Waals surface area contributed by atoms with E-state index in [0.29, 0.717) is 5.41 Å². The third kappa shape index (κ3) is 2.98. The molecule has 0 bridgehead atoms. The van der Waals surface area contributed by atoms with E-state index in [1.807, 2.05) is 0 Å². The highest BCUT2D eigenvalue weighted by atomic mass is 14.8. The van der Waals surface area contributed by atoms with Crippen LogP contribution >= 0.6 is 0 Å². The van der Waals surface area contributed by atoms with Crippen molar-refractivity contribution in [3.8, 4) is 0 Å². The number of hydrogen-bond donors (Lipinski definition) is 1. The maximum Gasteiger partial charge on any atom is 0.000217 e. The molecule has 2 atom stereocenters. The number of rotatable bonds is 3. The summed E-state index contributed by atoms with van der Waals surface area (Å²) in [4.78, 5) is 0. The van der Waals surface area contributed by atoms with Gasteiger partial charge in [-0.3, -0.25) is 0 Å². The number of hydrogen-bond acceptors (Lipinski definition) is 1. The Morgan fingerprint density at radius 2 is 2.00 bits per heavy atom. The number of nitrogens with one attached hydrogen (secondary N) is 1. The van der Waals surface area contributed by atoms with Gasteiger partial charge < -0.3 is 5.32 Å². The maximum absolute atomic E-state index is 3.32. The van der Waals surface area contributed by atoms with Gasteiger partial charge in [0.25, 0.3) is 0 Å². The molecule has 1 aliphatic rings. The Morgan fingerprint density at radius 3 is 2.54 bits per heavy atom. The van der Waals surface area contributed by atoms with Gasteiger partial charge in [-0.15, -0.1) is 0 Å². The van der Waals surface area contributed by atoms with Gasteiger partial charge in [-0.25, -0.2) is 0 Å². The van der Waals surface area contributed by atoms with E-state index in [9.17, 15) is 0 Å². The van der Waals surface area contributed by atoms with Gasteiger partial charge in [0.15, 0.2) is 0 Å². The van der Waals surface area contributed by atoms with Crippen LogP contribution in [0.4, 0.5) is 0 Å². The van der Waals surface area contributed by atoms with Gasteiger partial charge in [-0.05, 0) is 37.1 Å². The maximum atomic E-state index is 3.32. The molecule has 1 rings (SSSR count). The average Bonchev–Trinajstić information content (AvgIpc) is 2.04. The van der Waals surface area contributed by atoms with Gasteiger partial charge in [0.2, 0.25) is 0 Å². The van der Waals surface area contributed by atoms with Crippen LogP contribution in [0.15, 0.2) is 0 Å². The molecule has 1 saturated carbocycles. The first-order valence-corrected chi connectivity index (χ1v) is 5.71. The minimum atomic E-state index is 0.490. The molecular formula is C12H25N. The molecule has 13 heavy (non-hydrogen) atoms. The smallest absolute Gasteiger partial charge is 0.000217 e. The largest absolute Gasteiger partial charge is 0.319 e. The summed E-state index contributed by atoms with van der Waals surface area (Å²) < 4.78 is 0. The van der Waals surface area contributed by atoms with E-state index in [1.165, 1.54) is 25.7 Å². The Balaban J connectivity index is 2.48. The lowest BCUT2D eigenvalue weighted by molar-refractivity contribution is 0.130. The summed E-state index contributed by atoms with van der Waals surface area (Å²) in [6.07, 6.45) is 5.78. The topological polar surface area (TPSA) is 12.0 Å². The van der Waals surface area contributed by atoms with Crippen molar-refractivity contribution in [2.75, 3.05) is 13.6 Å². The SMILES string of the molecule is CNCC(C)(C)C1CCCC(C)C1. The van der Waals surface area contributed by atoms with Crippen LogP contribution in [0, 0.1) is 17.3 Å². The zero-order chi connectivity index (χ0) is 9.90. The molecule has 78 valence electrons. The van der Waals surface area contributed by atoms with Crippen LogP contribution in [0.3, 0.4) is 0 Å². The molecular weight excluding hydrogens is 158 g/mol. The summed E-state index contributed by atoms with van der Waals surface area (Å²) in [5, 5.41) is 3.32. The molecule has 0 amide bonds. The molecule has 0 heterocycles. The Kier molecular flexibility index (Phi) is 3.78. The molecule has 1 fully saturated rings. The van der Waals surface area contributed by atoms with Gasteiger partial charge in [0.05, 0.1) is 0 Å². The molecule has 2 unspecified atom stereocenters. The third-order valence-corrected chi connectivity index (χ3v) is 3.67. The summed E-state index contributed by atoms with van der Waals surface area (Å²) in [5.41, 5.74) is 0.490. The van der Waals surface area contributed by atoms with E-state index in [2.05, 4.69) is 33.1 Å². The quantitative estimate of drug-likeness (QED) is 0.709. The van der Waals surface area contributed by atoms with E-state index in [1.54, 1.807) is 0 Å². The standard InChI is InChI=1S/C12H25N/c1-10-6-5-7-11(8-10)12(2,3)9-13-4/h10-11,13H,5-9H2,1-4H3. The molecule has 1 nitrogen and oxygen atoms in total. The van der Waals surface area contributed by atoms with Gasteiger partial charge in [-0.1, -0.05) is 33.6 Å². The van der Waals surface area contributed by atoms with Crippen LogP contribution in [-0.2, 0) is 0 Å². The Labute approximate surface area is 83.3 Å². The minimum Gasteiger partial charge on any atom is -0.319 e. The predicted molar refractivity (Wildman–Crippen MR) is 58.8 cm³/mol. The highest BCUT2D eigenvalue weighted by Gasteiger charge is 2.31. The molecule has 1 N–H and O–H groups in total. The van der Waals surface area contributed by atoms with Gasteiger partial charge in [0.1, 0.15) is 0 Å². The zero-order valence-electron chi connectivity index (χ0n) is 9.69. The van der Waals surface area contributed by atoms with Crippen molar-refractivity contribution in [1.82, 2.24) is 5.32 Å². The normalized spacial score (nSPS) is 30.5. The molecule has 0 aliphatic heterocycles. The summed E-state index contributed by atoms with van der Waals surface area (Å²) in [6.45, 7) is 8.38. The molecule has 0 aromatic carbocycles. The minimum absolute atomic E-state index is 0.490. The molecule has 1 heteroatoms. The van der Waals surface area contributed by atoms with Gasteiger partial charge in [0, 0.05) is 6.54 Å². The second-order valence-electron chi connectivity index (χ2n) is 5.49. The molecule has 0 aromatic rings. The Morgan fingerprint density at radius 1 is 1.31 bits per heavy atom. The average molecular weight is 183 g/mol. The van der Waals surface area contributed by atoms with Gasteiger partial charge in [-0.2, -0.15) is 0 Å². The van der Waals surface area contributed by atoms with Crippen molar-refractivity contribution in [1.29, 1.82) is 0 Å². The van der Waals surface area contributed by atoms with Crippen molar-refractivity contribution in [2.24, 2.45) is 17.3 Å². The van der Waals surface area contributed by atoms with E-state index in [0.717, 1.165) is 18.4 Å². The highest BCUT2D eigenvalue weighted by molar-refractivity contribution is 4.84. The second-order valence-corrected chi connectivity index (χ2v) is 5.49. The van der Waals surface area contributed by atoms with E-state index in [4.69, 9.17) is 0 Å². The van der Waals surface area contributed by atoms with Crippen molar-refractivity contribution >= 4 is 0 Å². The third-order valence-electron chi connectivity index (χ3n) is 3.67. The highest BCUT2D eigenvalue weighted by Crippen LogP contribution is 2.39. The van der Waals surface area contributed by atoms with Gasteiger partial charge >= 0.3 is 0 Å². The van der Waals surface area contributed by atoms with Crippen LogP contribution in [0.1, 0.15) is 46.5 Å². The lowest BCUT2D eigenvalue weighted by atomic mass is 9.68. The second kappa shape index (κ2) is 4.45. The van der Waals surface area contributed by atoms with E-state index >= 15 is 0 Å². The van der Waals surface area contributed by atoms with Crippen LogP contribution in [0.5, 0.6) is 0 Å². The monoisotopic (exact) mass is 183 g/mol. The first-order chi connectivity index (χ1) is 6.06. The molecule has 0 aromatic heterocycles. The molecule has 0 radical (unpaired) electrons. The summed E-state index contributed by atoms with van der Waals surface area (Å²) in [5.74, 6) is 1.89. The van der Waals surface area contributed by atoms with Crippen molar-refractivity contribution in [3.05, 3.63) is 0 Å². The first-order valence-electron chi connectivity index (χ1n) is 5.71. The molecule has 0 saturated heterocycles. The zero-order valence-corrected chi connectivity index (χ0v) is 9.69. The fourth-order valence-corrected chi connectivity index (χ4v) is 2.74.